The minimum Gasteiger partial charge on any atom is -0.344 e. The molecule has 0 aromatic carbocycles. The van der Waals surface area contributed by atoms with Crippen molar-refractivity contribution in [3.63, 3.8) is 0 Å². The zero-order valence-electron chi connectivity index (χ0n) is 10.1. The van der Waals surface area contributed by atoms with Crippen molar-refractivity contribution in [1.29, 1.82) is 0 Å². The Morgan fingerprint density at radius 2 is 2.31 bits per heavy atom. The fourth-order valence-electron chi connectivity index (χ4n) is 1.19. The van der Waals surface area contributed by atoms with Gasteiger partial charge in [0.15, 0.2) is 0 Å². The normalized spacial score (nSPS) is 10.4. The number of nitrogens with one attached hydrogen (secondary N) is 1. The third-order valence-electron chi connectivity index (χ3n) is 2.34. The Kier molecular flexibility index (Phi) is 4.91. The summed E-state index contributed by atoms with van der Waals surface area (Å²) in [6.45, 7) is 6.51. The van der Waals surface area contributed by atoms with Gasteiger partial charge in [-0.1, -0.05) is 12.1 Å². The molecule has 0 saturated heterocycles. The Morgan fingerprint density at radius 3 is 2.94 bits per heavy atom. The second-order valence-electron chi connectivity index (χ2n) is 3.60. The molecule has 0 aliphatic heterocycles. The summed E-state index contributed by atoms with van der Waals surface area (Å²) in [4.78, 5) is 13.2. The molecule has 0 saturated carbocycles. The number of hydrogen-bond donors (Lipinski definition) is 1. The van der Waals surface area contributed by atoms with E-state index in [1.165, 1.54) is 0 Å². The van der Waals surface area contributed by atoms with Crippen LogP contribution in [-0.4, -0.2) is 45.9 Å². The molecule has 1 heterocycles. The predicted molar refractivity (Wildman–Crippen MR) is 60.7 cm³/mol. The maximum Gasteiger partial charge on any atom is 0.244 e. The molecule has 0 fully saturated rings. The SMILES string of the molecule is CCNCc1cn(CC(=O)N(C)CC)nn1. The average molecular weight is 225 g/mol. The van der Waals surface area contributed by atoms with Crippen LogP contribution in [0.1, 0.15) is 19.5 Å². The summed E-state index contributed by atoms with van der Waals surface area (Å²) in [5, 5.41) is 11.0. The monoisotopic (exact) mass is 225 g/mol. The van der Waals surface area contributed by atoms with Crippen molar-refractivity contribution in [1.82, 2.24) is 25.2 Å². The molecule has 0 bridgehead atoms. The number of amides is 1. The number of hydrogen-bond acceptors (Lipinski definition) is 4. The highest BCUT2D eigenvalue weighted by atomic mass is 16.2. The highest BCUT2D eigenvalue weighted by Crippen LogP contribution is 1.94. The second-order valence-corrected chi connectivity index (χ2v) is 3.60. The summed E-state index contributed by atoms with van der Waals surface area (Å²) in [6, 6.07) is 0. The summed E-state index contributed by atoms with van der Waals surface area (Å²) in [7, 11) is 1.78. The van der Waals surface area contributed by atoms with E-state index in [-0.39, 0.29) is 12.5 Å². The fraction of sp³-hybridized carbons (Fsp3) is 0.700. The lowest BCUT2D eigenvalue weighted by atomic mass is 10.4. The van der Waals surface area contributed by atoms with Gasteiger partial charge in [0.1, 0.15) is 6.54 Å². The van der Waals surface area contributed by atoms with Gasteiger partial charge in [-0.15, -0.1) is 5.10 Å². The fourth-order valence-corrected chi connectivity index (χ4v) is 1.19. The Labute approximate surface area is 95.6 Å². The molecule has 0 atom stereocenters. The van der Waals surface area contributed by atoms with Crippen LogP contribution in [-0.2, 0) is 17.9 Å². The van der Waals surface area contributed by atoms with E-state index in [9.17, 15) is 4.79 Å². The molecule has 0 aliphatic rings. The van der Waals surface area contributed by atoms with Crippen molar-refractivity contribution >= 4 is 5.91 Å². The van der Waals surface area contributed by atoms with Gasteiger partial charge in [0.25, 0.3) is 0 Å². The van der Waals surface area contributed by atoms with Crippen LogP contribution in [0.5, 0.6) is 0 Å². The third kappa shape index (κ3) is 3.62. The molecule has 0 spiro atoms. The number of rotatable bonds is 6. The maximum absolute atomic E-state index is 11.6. The van der Waals surface area contributed by atoms with Crippen molar-refractivity contribution in [2.45, 2.75) is 26.9 Å². The zero-order valence-corrected chi connectivity index (χ0v) is 10.1. The molecule has 1 N–H and O–H groups in total. The van der Waals surface area contributed by atoms with Crippen molar-refractivity contribution in [2.75, 3.05) is 20.1 Å². The number of carbonyl (C=O) groups excluding carboxylic acids is 1. The molecule has 0 aliphatic carbocycles. The quantitative estimate of drug-likeness (QED) is 0.732. The average Bonchev–Trinajstić information content (AvgIpc) is 2.72. The molecular weight excluding hydrogens is 206 g/mol. The summed E-state index contributed by atoms with van der Waals surface area (Å²) in [6.07, 6.45) is 1.80. The van der Waals surface area contributed by atoms with E-state index in [2.05, 4.69) is 15.6 Å². The molecule has 1 aromatic heterocycles. The molecular formula is C10H19N5O. The molecule has 6 heteroatoms. The van der Waals surface area contributed by atoms with Crippen LogP contribution in [0.25, 0.3) is 0 Å². The van der Waals surface area contributed by atoms with Gasteiger partial charge in [-0.25, -0.2) is 4.68 Å². The summed E-state index contributed by atoms with van der Waals surface area (Å²) >= 11 is 0. The largest absolute Gasteiger partial charge is 0.344 e. The van der Waals surface area contributed by atoms with Gasteiger partial charge < -0.3 is 10.2 Å². The van der Waals surface area contributed by atoms with Crippen LogP contribution in [0.15, 0.2) is 6.20 Å². The summed E-state index contributed by atoms with van der Waals surface area (Å²) < 4.78 is 1.57. The first-order valence-corrected chi connectivity index (χ1v) is 5.51. The second kappa shape index (κ2) is 6.22. The van der Waals surface area contributed by atoms with E-state index in [0.29, 0.717) is 13.1 Å². The highest BCUT2D eigenvalue weighted by Gasteiger charge is 2.08. The molecule has 6 nitrogen and oxygen atoms in total. The van der Waals surface area contributed by atoms with Gasteiger partial charge in [-0.05, 0) is 13.5 Å². The van der Waals surface area contributed by atoms with Gasteiger partial charge in [0.2, 0.25) is 5.91 Å². The first-order chi connectivity index (χ1) is 7.67. The highest BCUT2D eigenvalue weighted by molar-refractivity contribution is 5.75. The molecule has 1 rings (SSSR count). The first kappa shape index (κ1) is 12.6. The Bertz CT molecular complexity index is 336. The molecule has 1 aromatic rings. The topological polar surface area (TPSA) is 63.1 Å². The minimum atomic E-state index is 0.0439. The van der Waals surface area contributed by atoms with E-state index in [0.717, 1.165) is 12.2 Å². The Morgan fingerprint density at radius 1 is 1.56 bits per heavy atom. The van der Waals surface area contributed by atoms with Crippen LogP contribution < -0.4 is 5.32 Å². The first-order valence-electron chi connectivity index (χ1n) is 5.51. The number of nitrogens with zero attached hydrogens (tertiary/aromatic N) is 4. The van der Waals surface area contributed by atoms with Crippen LogP contribution in [0.4, 0.5) is 0 Å². The lowest BCUT2D eigenvalue weighted by molar-refractivity contribution is -0.130. The van der Waals surface area contributed by atoms with Gasteiger partial charge in [-0.2, -0.15) is 0 Å². The molecule has 1 amide bonds. The van der Waals surface area contributed by atoms with Crippen molar-refractivity contribution in [3.05, 3.63) is 11.9 Å². The molecule has 0 radical (unpaired) electrons. The third-order valence-corrected chi connectivity index (χ3v) is 2.34. The molecule has 16 heavy (non-hydrogen) atoms. The summed E-state index contributed by atoms with van der Waals surface area (Å²) in [5.41, 5.74) is 0.855. The number of likely N-dealkylation sites (N-methyl/N-ethyl adjacent to an activating group) is 1. The molecule has 0 unspecified atom stereocenters. The van der Waals surface area contributed by atoms with Crippen molar-refractivity contribution in [2.24, 2.45) is 0 Å². The van der Waals surface area contributed by atoms with Gasteiger partial charge in [0, 0.05) is 20.1 Å². The van der Waals surface area contributed by atoms with E-state index in [1.807, 2.05) is 13.8 Å². The van der Waals surface area contributed by atoms with Crippen LogP contribution in [0.3, 0.4) is 0 Å². The Balaban J connectivity index is 2.48. The van der Waals surface area contributed by atoms with Gasteiger partial charge in [0.05, 0.1) is 11.9 Å². The summed E-state index contributed by atoms with van der Waals surface area (Å²) in [5.74, 6) is 0.0439. The van der Waals surface area contributed by atoms with Gasteiger partial charge in [-0.3, -0.25) is 4.79 Å². The lowest BCUT2D eigenvalue weighted by Gasteiger charge is -2.13. The Hall–Kier alpha value is -1.43. The van der Waals surface area contributed by atoms with E-state index in [4.69, 9.17) is 0 Å². The number of aromatic nitrogens is 3. The standard InChI is InChI=1S/C10H19N5O/c1-4-11-6-9-7-15(13-12-9)8-10(16)14(3)5-2/h7,11H,4-6,8H2,1-3H3. The van der Waals surface area contributed by atoms with Crippen LogP contribution >= 0.6 is 0 Å². The van der Waals surface area contributed by atoms with E-state index < -0.39 is 0 Å². The minimum absolute atomic E-state index is 0.0439. The van der Waals surface area contributed by atoms with Crippen LogP contribution in [0, 0.1) is 0 Å². The predicted octanol–water partition coefficient (Wildman–Crippen LogP) is -0.134. The lowest BCUT2D eigenvalue weighted by Crippen LogP contribution is -2.30. The van der Waals surface area contributed by atoms with E-state index in [1.54, 1.807) is 22.8 Å². The van der Waals surface area contributed by atoms with Crippen LogP contribution in [0.2, 0.25) is 0 Å². The van der Waals surface area contributed by atoms with Crippen molar-refractivity contribution in [3.8, 4) is 0 Å². The van der Waals surface area contributed by atoms with Gasteiger partial charge >= 0.3 is 0 Å². The van der Waals surface area contributed by atoms with E-state index >= 15 is 0 Å². The number of carbonyl (C=O) groups is 1. The zero-order chi connectivity index (χ0) is 12.0. The smallest absolute Gasteiger partial charge is 0.244 e. The van der Waals surface area contributed by atoms with Crippen molar-refractivity contribution < 1.29 is 4.79 Å². The maximum atomic E-state index is 11.6. The molecule has 90 valence electrons.